The second-order valence-corrected chi connectivity index (χ2v) is 11.4. The highest BCUT2D eigenvalue weighted by atomic mass is 127. The van der Waals surface area contributed by atoms with Gasteiger partial charge in [0.15, 0.2) is 16.3 Å². The number of aromatic nitrogens is 1. The number of carbonyl (C=O) groups is 1. The Hall–Kier alpha value is -3.24. The number of phenols is 1. The fourth-order valence-electron chi connectivity index (χ4n) is 4.25. The highest BCUT2D eigenvalue weighted by Gasteiger charge is 2.35. The number of hydrogen-bond acceptors (Lipinski definition) is 10. The van der Waals surface area contributed by atoms with Crippen LogP contribution in [0.4, 0.5) is 5.69 Å². The fraction of sp³-hybridized carbons (Fsp3) is 0.269. The number of hydrogen-bond donors (Lipinski definition) is 1. The molecule has 1 aromatic heterocycles. The highest BCUT2D eigenvalue weighted by molar-refractivity contribution is 14.1. The first-order valence-electron chi connectivity index (χ1n) is 11.9. The summed E-state index contributed by atoms with van der Waals surface area (Å²) in [5.74, 6) is -0.180. The number of rotatable bonds is 8. The van der Waals surface area contributed by atoms with Gasteiger partial charge in [0, 0.05) is 10.5 Å². The molecule has 0 unspecified atom stereocenters. The predicted octanol–water partition coefficient (Wildman–Crippen LogP) is 4.19. The lowest BCUT2D eigenvalue weighted by Gasteiger charge is -2.26. The van der Waals surface area contributed by atoms with E-state index in [1.807, 2.05) is 6.92 Å². The molecule has 3 aromatic rings. The van der Waals surface area contributed by atoms with Gasteiger partial charge in [0.25, 0.3) is 5.56 Å². The molecule has 1 atom stereocenters. The van der Waals surface area contributed by atoms with E-state index in [4.69, 9.17) is 14.2 Å². The lowest BCUT2D eigenvalue weighted by atomic mass is 9.95. The molecule has 1 aliphatic rings. The molecule has 0 amide bonds. The Bertz CT molecular complexity index is 1750. The van der Waals surface area contributed by atoms with Crippen molar-refractivity contribution in [2.75, 3.05) is 20.3 Å². The zero-order valence-corrected chi connectivity index (χ0v) is 26.2. The minimum absolute atomic E-state index is 0.124. The van der Waals surface area contributed by atoms with Crippen molar-refractivity contribution in [2.45, 2.75) is 26.8 Å². The van der Waals surface area contributed by atoms with E-state index in [-0.39, 0.29) is 20.3 Å². The summed E-state index contributed by atoms with van der Waals surface area (Å²) < 4.78 is 19.0. The summed E-state index contributed by atoms with van der Waals surface area (Å²) in [6.45, 7) is 5.72. The first-order valence-corrected chi connectivity index (χ1v) is 14.6. The van der Waals surface area contributed by atoms with E-state index < -0.39 is 33.9 Å². The molecule has 2 aromatic carbocycles. The van der Waals surface area contributed by atoms with Gasteiger partial charge in [-0.25, -0.2) is 9.79 Å². The largest absolute Gasteiger partial charge is 0.501 e. The summed E-state index contributed by atoms with van der Waals surface area (Å²) in [6, 6.07) is 5.20. The number of halogens is 2. The summed E-state index contributed by atoms with van der Waals surface area (Å²) in [4.78, 5) is 42.7. The van der Waals surface area contributed by atoms with Crippen LogP contribution in [-0.2, 0) is 9.53 Å². The number of phenolic OH excluding ortho intramolecular Hbond substituents is 1. The number of fused-ring (bicyclic) bond motifs is 1. The van der Waals surface area contributed by atoms with Crippen molar-refractivity contribution in [1.82, 2.24) is 4.57 Å². The molecule has 1 N–H and O–H groups in total. The van der Waals surface area contributed by atoms with E-state index in [9.17, 15) is 24.8 Å². The van der Waals surface area contributed by atoms with Crippen molar-refractivity contribution in [3.63, 3.8) is 0 Å². The van der Waals surface area contributed by atoms with Crippen molar-refractivity contribution in [2.24, 2.45) is 4.99 Å². The van der Waals surface area contributed by atoms with E-state index in [0.29, 0.717) is 44.2 Å². The molecule has 0 bridgehead atoms. The first-order chi connectivity index (χ1) is 19.0. The molecule has 14 heteroatoms. The van der Waals surface area contributed by atoms with Gasteiger partial charge in [0.2, 0.25) is 5.75 Å². The molecule has 210 valence electrons. The second-order valence-electron chi connectivity index (χ2n) is 8.39. The minimum Gasteiger partial charge on any atom is -0.501 e. The predicted molar refractivity (Wildman–Crippen MR) is 160 cm³/mol. The summed E-state index contributed by atoms with van der Waals surface area (Å²) >= 11 is 6.44. The maximum absolute atomic E-state index is 13.9. The van der Waals surface area contributed by atoms with E-state index in [1.165, 1.54) is 29.9 Å². The SMILES string of the molecule is CCOC(=O)C1=C(C)N=c2s/c(=C/c3cc(I)c(O)c([N+](=O)[O-])c3)c(=O)n2[C@H]1c1cc(OC)c(OCC)cc1Br. The molecule has 0 radical (unpaired) electrons. The third-order valence-corrected chi connectivity index (χ3v) is 8.45. The number of methoxy groups -OCH3 is 1. The number of carbonyl (C=O) groups excluding carboxylic acids is 1. The molecule has 0 saturated carbocycles. The molecule has 4 rings (SSSR count). The number of aromatic hydroxyl groups is 1. The molecule has 2 heterocycles. The van der Waals surface area contributed by atoms with Gasteiger partial charge < -0.3 is 19.3 Å². The number of nitro benzene ring substituents is 1. The van der Waals surface area contributed by atoms with Crippen LogP contribution in [0.15, 0.2) is 49.8 Å². The Labute approximate surface area is 253 Å². The summed E-state index contributed by atoms with van der Waals surface area (Å²) in [6.07, 6.45) is 1.49. The Balaban J connectivity index is 2.01. The number of nitrogens with zero attached hydrogens (tertiary/aromatic N) is 3. The van der Waals surface area contributed by atoms with E-state index in [1.54, 1.807) is 48.6 Å². The summed E-state index contributed by atoms with van der Waals surface area (Å²) in [5, 5.41) is 21.5. The number of ether oxygens (including phenoxy) is 3. The second kappa shape index (κ2) is 12.1. The van der Waals surface area contributed by atoms with Crippen molar-refractivity contribution in [1.29, 1.82) is 0 Å². The Morgan fingerprint density at radius 2 is 2.00 bits per heavy atom. The lowest BCUT2D eigenvalue weighted by Crippen LogP contribution is -2.40. The number of benzene rings is 2. The summed E-state index contributed by atoms with van der Waals surface area (Å²) in [5.41, 5.74) is 0.512. The molecule has 1 aliphatic heterocycles. The average molecular weight is 744 g/mol. The number of esters is 1. The van der Waals surface area contributed by atoms with Crippen LogP contribution >= 0.6 is 49.9 Å². The van der Waals surface area contributed by atoms with Gasteiger partial charge in [-0.1, -0.05) is 27.3 Å². The van der Waals surface area contributed by atoms with Gasteiger partial charge in [-0.3, -0.25) is 19.5 Å². The number of allylic oxidation sites excluding steroid dienone is 1. The first kappa shape index (κ1) is 29.7. The molecule has 40 heavy (non-hydrogen) atoms. The van der Waals surface area contributed by atoms with E-state index >= 15 is 0 Å². The maximum Gasteiger partial charge on any atom is 0.338 e. The van der Waals surface area contributed by atoms with E-state index in [0.717, 1.165) is 11.3 Å². The zero-order valence-electron chi connectivity index (χ0n) is 21.7. The molecular formula is C26H23BrIN3O8S. The van der Waals surface area contributed by atoms with Crippen LogP contribution in [0.2, 0.25) is 0 Å². The van der Waals surface area contributed by atoms with Crippen LogP contribution < -0.4 is 24.4 Å². The maximum atomic E-state index is 13.9. The van der Waals surface area contributed by atoms with Crippen molar-refractivity contribution in [3.05, 3.63) is 84.5 Å². The standard InChI is InChI=1S/C26H23BrIN3O8S/c1-5-38-19-11-15(27)14(10-18(19)37-4)22-21(25(34)39-6-2)12(3)29-26-30(22)24(33)20(40-26)9-13-7-16(28)23(32)17(8-13)31(35)36/h7-11,22,32H,5-6H2,1-4H3/b20-9+/t22-/m0/s1. The molecule has 0 fully saturated rings. The van der Waals surface area contributed by atoms with Crippen LogP contribution in [0.1, 0.15) is 37.9 Å². The van der Waals surface area contributed by atoms with Crippen LogP contribution in [0, 0.1) is 13.7 Å². The van der Waals surface area contributed by atoms with Gasteiger partial charge in [0.1, 0.15) is 0 Å². The summed E-state index contributed by atoms with van der Waals surface area (Å²) in [7, 11) is 1.49. The topological polar surface area (TPSA) is 142 Å². The van der Waals surface area contributed by atoms with Crippen molar-refractivity contribution >= 4 is 67.6 Å². The smallest absolute Gasteiger partial charge is 0.338 e. The van der Waals surface area contributed by atoms with Gasteiger partial charge >= 0.3 is 11.7 Å². The van der Waals surface area contributed by atoms with E-state index in [2.05, 4.69) is 20.9 Å². The quantitative estimate of drug-likeness (QED) is 0.157. The molecule has 0 aliphatic carbocycles. The third kappa shape index (κ3) is 5.51. The van der Waals surface area contributed by atoms with Crippen molar-refractivity contribution in [3.8, 4) is 17.2 Å². The normalized spacial score (nSPS) is 14.9. The Kier molecular flexibility index (Phi) is 8.99. The van der Waals surface area contributed by atoms with Gasteiger partial charge in [-0.2, -0.15) is 0 Å². The Morgan fingerprint density at radius 3 is 2.62 bits per heavy atom. The van der Waals surface area contributed by atoms with Crippen molar-refractivity contribution < 1.29 is 29.0 Å². The van der Waals surface area contributed by atoms with Crippen LogP contribution in [-0.4, -0.2) is 40.9 Å². The zero-order chi connectivity index (χ0) is 29.3. The van der Waals surface area contributed by atoms with Crippen LogP contribution in [0.3, 0.4) is 0 Å². The monoisotopic (exact) mass is 743 g/mol. The van der Waals surface area contributed by atoms with Gasteiger partial charge in [-0.15, -0.1) is 0 Å². The third-order valence-electron chi connectivity index (χ3n) is 5.95. The van der Waals surface area contributed by atoms with Crippen LogP contribution in [0.25, 0.3) is 6.08 Å². The fourth-order valence-corrected chi connectivity index (χ4v) is 6.47. The number of thiazole rings is 1. The van der Waals surface area contributed by atoms with Crippen LogP contribution in [0.5, 0.6) is 17.2 Å². The Morgan fingerprint density at radius 1 is 1.27 bits per heavy atom. The molecular weight excluding hydrogens is 721 g/mol. The van der Waals surface area contributed by atoms with Gasteiger partial charge in [0.05, 0.1) is 50.7 Å². The average Bonchev–Trinajstić information content (AvgIpc) is 3.19. The van der Waals surface area contributed by atoms with Gasteiger partial charge in [-0.05, 0) is 78.8 Å². The molecule has 11 nitrogen and oxygen atoms in total. The molecule has 0 spiro atoms. The minimum atomic E-state index is -0.925. The molecule has 0 saturated heterocycles. The lowest BCUT2D eigenvalue weighted by molar-refractivity contribution is -0.386. The number of nitro groups is 1. The highest BCUT2D eigenvalue weighted by Crippen LogP contribution is 2.41.